The zero-order valence-electron chi connectivity index (χ0n) is 15.5. The van der Waals surface area contributed by atoms with Crippen LogP contribution in [-0.4, -0.2) is 43.1 Å². The quantitative estimate of drug-likeness (QED) is 0.606. The second kappa shape index (κ2) is 4.53. The second-order valence-electron chi connectivity index (χ2n) is 9.10. The summed E-state index contributed by atoms with van der Waals surface area (Å²) in [5.41, 5.74) is 3.72. The van der Waals surface area contributed by atoms with Gasteiger partial charge in [-0.2, -0.15) is 0 Å². The predicted molar refractivity (Wildman–Crippen MR) is 101 cm³/mol. The van der Waals surface area contributed by atoms with Crippen LogP contribution < -0.4 is 9.64 Å². The highest BCUT2D eigenvalue weighted by Gasteiger charge is 2.78. The zero-order valence-corrected chi connectivity index (χ0v) is 15.5. The maximum absolute atomic E-state index is 12.5. The molecule has 6 aliphatic rings. The summed E-state index contributed by atoms with van der Waals surface area (Å²) in [5.74, 6) is 0.826. The maximum Gasteiger partial charge on any atom is 0.215 e. The van der Waals surface area contributed by atoms with Crippen LogP contribution in [0.3, 0.4) is 0 Å². The molecule has 0 aromatic heterocycles. The molecular formula is C22H26N2O2. The van der Waals surface area contributed by atoms with Crippen molar-refractivity contribution in [3.63, 3.8) is 0 Å². The van der Waals surface area contributed by atoms with Gasteiger partial charge in [0.2, 0.25) is 6.41 Å². The van der Waals surface area contributed by atoms with E-state index < -0.39 is 0 Å². The minimum absolute atomic E-state index is 0.00815. The molecule has 2 saturated heterocycles. The Morgan fingerprint density at radius 2 is 2.12 bits per heavy atom. The van der Waals surface area contributed by atoms with Gasteiger partial charge in [-0.05, 0) is 74.2 Å². The molecule has 0 radical (unpaired) electrons. The molecule has 4 nitrogen and oxygen atoms in total. The topological polar surface area (TPSA) is 32.8 Å². The largest absolute Gasteiger partial charge is 0.495 e. The Morgan fingerprint density at radius 3 is 2.88 bits per heavy atom. The van der Waals surface area contributed by atoms with E-state index in [1.165, 1.54) is 36.9 Å². The summed E-state index contributed by atoms with van der Waals surface area (Å²) in [6, 6.07) is 6.91. The van der Waals surface area contributed by atoms with Gasteiger partial charge in [0, 0.05) is 11.5 Å². The van der Waals surface area contributed by atoms with Crippen LogP contribution in [-0.2, 0) is 10.2 Å². The van der Waals surface area contributed by atoms with Crippen LogP contribution in [0.4, 0.5) is 5.69 Å². The van der Waals surface area contributed by atoms with Crippen LogP contribution in [0, 0.1) is 5.41 Å². The molecule has 3 spiro atoms. The molecule has 1 amide bonds. The summed E-state index contributed by atoms with van der Waals surface area (Å²) in [7, 11) is 1.71. The fourth-order valence-electron chi connectivity index (χ4n) is 8.14. The number of carbonyl (C=O) groups is 1. The number of amides is 1. The average Bonchev–Trinajstić information content (AvgIpc) is 3.18. The number of hydrogen-bond acceptors (Lipinski definition) is 3. The summed E-state index contributed by atoms with van der Waals surface area (Å²) in [6.45, 7) is 6.95. The standard InChI is InChI=1S/C22H26N2O2/c1-15-13-20-7-4-11-23-12-10-21(19(20)23)16-5-3-6-17(26-2)18(16)24(14-25)22(15,21)9-8-20/h3,5-6,14,19H,1,4,7-13H2,2H3. The van der Waals surface area contributed by atoms with Crippen LogP contribution >= 0.6 is 0 Å². The van der Waals surface area contributed by atoms with Crippen molar-refractivity contribution in [3.05, 3.63) is 35.9 Å². The van der Waals surface area contributed by atoms with Crippen molar-refractivity contribution in [2.75, 3.05) is 25.1 Å². The van der Waals surface area contributed by atoms with Gasteiger partial charge >= 0.3 is 0 Å². The number of methoxy groups -OCH3 is 1. The first kappa shape index (κ1) is 15.3. The molecule has 26 heavy (non-hydrogen) atoms. The van der Waals surface area contributed by atoms with Crippen molar-refractivity contribution in [1.29, 1.82) is 0 Å². The lowest BCUT2D eigenvalue weighted by molar-refractivity contribution is -0.113. The number of fused-ring (bicyclic) bond motifs is 3. The molecule has 3 aliphatic heterocycles. The molecule has 3 heterocycles. The van der Waals surface area contributed by atoms with Crippen molar-refractivity contribution in [2.24, 2.45) is 5.41 Å². The van der Waals surface area contributed by atoms with Crippen molar-refractivity contribution in [3.8, 4) is 5.75 Å². The van der Waals surface area contributed by atoms with E-state index in [0.29, 0.717) is 11.5 Å². The number of ether oxygens (including phenoxy) is 1. The Balaban J connectivity index is 1.72. The summed E-state index contributed by atoms with van der Waals surface area (Å²) in [5, 5.41) is 0. The van der Waals surface area contributed by atoms with Gasteiger partial charge in [-0.1, -0.05) is 18.7 Å². The Morgan fingerprint density at radius 1 is 1.23 bits per heavy atom. The number of para-hydroxylation sites is 1. The van der Waals surface area contributed by atoms with Crippen LogP contribution in [0.25, 0.3) is 0 Å². The Bertz CT molecular complexity index is 851. The predicted octanol–water partition coefficient (Wildman–Crippen LogP) is 3.26. The van der Waals surface area contributed by atoms with E-state index in [2.05, 4.69) is 23.6 Å². The summed E-state index contributed by atoms with van der Waals surface area (Å²) >= 11 is 0. The van der Waals surface area contributed by atoms with Gasteiger partial charge in [0.1, 0.15) is 5.75 Å². The van der Waals surface area contributed by atoms with Gasteiger partial charge in [0.25, 0.3) is 0 Å². The van der Waals surface area contributed by atoms with Gasteiger partial charge in [0.15, 0.2) is 0 Å². The molecule has 1 aromatic carbocycles. The molecule has 2 bridgehead atoms. The Kier molecular flexibility index (Phi) is 2.66. The molecule has 4 unspecified atom stereocenters. The molecular weight excluding hydrogens is 324 g/mol. The van der Waals surface area contributed by atoms with Gasteiger partial charge in [-0.15, -0.1) is 0 Å². The van der Waals surface area contributed by atoms with Crippen LogP contribution in [0.15, 0.2) is 30.4 Å². The second-order valence-corrected chi connectivity index (χ2v) is 9.10. The van der Waals surface area contributed by atoms with Crippen LogP contribution in [0.5, 0.6) is 5.75 Å². The van der Waals surface area contributed by atoms with Gasteiger partial charge < -0.3 is 9.64 Å². The van der Waals surface area contributed by atoms with E-state index in [1.807, 2.05) is 11.0 Å². The van der Waals surface area contributed by atoms with Crippen molar-refractivity contribution in [1.82, 2.24) is 4.90 Å². The summed E-state index contributed by atoms with van der Waals surface area (Å²) in [4.78, 5) is 17.2. The summed E-state index contributed by atoms with van der Waals surface area (Å²) < 4.78 is 5.73. The highest BCUT2D eigenvalue weighted by molar-refractivity contribution is 5.91. The molecule has 4 atom stereocenters. The number of piperidine rings is 1. The SMILES string of the molecule is C=C1CC23CCCN4CCC5(c6cccc(OC)c6N(C=O)C15CC2)C43. The molecule has 3 saturated carbocycles. The first-order valence-electron chi connectivity index (χ1n) is 9.99. The maximum atomic E-state index is 12.5. The van der Waals surface area contributed by atoms with Gasteiger partial charge in [0.05, 0.1) is 18.3 Å². The normalized spacial score (nSPS) is 42.4. The van der Waals surface area contributed by atoms with E-state index in [1.54, 1.807) is 7.11 Å². The van der Waals surface area contributed by atoms with Gasteiger partial charge in [-0.3, -0.25) is 9.69 Å². The van der Waals surface area contributed by atoms with Crippen LogP contribution in [0.2, 0.25) is 0 Å². The van der Waals surface area contributed by atoms with Crippen molar-refractivity contribution in [2.45, 2.75) is 55.5 Å². The molecule has 3 aliphatic carbocycles. The van der Waals surface area contributed by atoms with E-state index in [4.69, 9.17) is 4.74 Å². The Labute approximate surface area is 154 Å². The highest BCUT2D eigenvalue weighted by atomic mass is 16.5. The van der Waals surface area contributed by atoms with Crippen molar-refractivity contribution < 1.29 is 9.53 Å². The number of carbonyl (C=O) groups excluding carboxylic acids is 1. The fourth-order valence-corrected chi connectivity index (χ4v) is 8.14. The lowest BCUT2D eigenvalue weighted by Gasteiger charge is -2.68. The molecule has 136 valence electrons. The zero-order chi connectivity index (χ0) is 17.7. The first-order chi connectivity index (χ1) is 12.6. The smallest absolute Gasteiger partial charge is 0.215 e. The number of benzene rings is 1. The van der Waals surface area contributed by atoms with E-state index in [9.17, 15) is 4.79 Å². The first-order valence-corrected chi connectivity index (χ1v) is 9.99. The van der Waals surface area contributed by atoms with E-state index >= 15 is 0 Å². The summed E-state index contributed by atoms with van der Waals surface area (Å²) in [6.07, 6.45) is 8.15. The minimum Gasteiger partial charge on any atom is -0.495 e. The molecule has 5 fully saturated rings. The highest BCUT2D eigenvalue weighted by Crippen LogP contribution is 2.75. The molecule has 0 N–H and O–H groups in total. The number of nitrogens with zero attached hydrogens (tertiary/aromatic N) is 2. The third kappa shape index (κ3) is 1.28. The number of hydrogen-bond donors (Lipinski definition) is 0. The third-order valence-corrected chi connectivity index (χ3v) is 8.66. The van der Waals surface area contributed by atoms with Crippen LogP contribution in [0.1, 0.15) is 44.1 Å². The average molecular weight is 350 g/mol. The lowest BCUT2D eigenvalue weighted by atomic mass is 9.40. The number of rotatable bonds is 2. The Hall–Kier alpha value is -1.81. The van der Waals surface area contributed by atoms with E-state index in [0.717, 1.165) is 43.7 Å². The lowest BCUT2D eigenvalue weighted by Crippen LogP contribution is -2.75. The fraction of sp³-hybridized carbons (Fsp3) is 0.591. The molecule has 4 heteroatoms. The minimum atomic E-state index is -0.260. The molecule has 7 rings (SSSR count). The third-order valence-electron chi connectivity index (χ3n) is 8.66. The van der Waals surface area contributed by atoms with E-state index in [-0.39, 0.29) is 11.0 Å². The molecule has 1 aromatic rings. The monoisotopic (exact) mass is 350 g/mol. The van der Waals surface area contributed by atoms with Gasteiger partial charge in [-0.25, -0.2) is 0 Å². The van der Waals surface area contributed by atoms with Crippen molar-refractivity contribution >= 4 is 12.1 Å². The number of anilines is 1.